The van der Waals surface area contributed by atoms with Gasteiger partial charge in [-0.1, -0.05) is 24.3 Å². The molecule has 2 aromatic carbocycles. The van der Waals surface area contributed by atoms with Gasteiger partial charge in [0.25, 0.3) is 0 Å². The van der Waals surface area contributed by atoms with E-state index in [2.05, 4.69) is 5.32 Å². The molecule has 0 atom stereocenters. The summed E-state index contributed by atoms with van der Waals surface area (Å²) in [5, 5.41) is 2.69. The van der Waals surface area contributed by atoms with Crippen LogP contribution in [0.25, 0.3) is 12.2 Å². The minimum Gasteiger partial charge on any atom is -0.493 e. The summed E-state index contributed by atoms with van der Waals surface area (Å²) in [7, 11) is 4.57. The van der Waals surface area contributed by atoms with Gasteiger partial charge in [0.05, 0.1) is 27.8 Å². The lowest BCUT2D eigenvalue weighted by Crippen LogP contribution is -2.41. The van der Waals surface area contributed by atoms with E-state index in [9.17, 15) is 14.4 Å². The van der Waals surface area contributed by atoms with E-state index in [1.807, 2.05) is 20.8 Å². The molecule has 0 saturated carbocycles. The summed E-state index contributed by atoms with van der Waals surface area (Å²) < 4.78 is 26.5. The highest BCUT2D eigenvalue weighted by molar-refractivity contribution is 6.10. The van der Waals surface area contributed by atoms with Crippen LogP contribution in [0.5, 0.6) is 23.0 Å². The summed E-state index contributed by atoms with van der Waals surface area (Å²) in [5.41, 5.74) is 1.05. The van der Waals surface area contributed by atoms with Gasteiger partial charge in [-0.2, -0.15) is 0 Å². The topological polar surface area (TPSA) is 109 Å². The SMILES string of the molecule is COc1ccc(/C=C/C(=O)CC(=O)/C=C/c2ccc(OCCOC(=O)NC(C)(C)C)c(OC)c2)cc1OC. The van der Waals surface area contributed by atoms with E-state index < -0.39 is 6.09 Å². The average Bonchev–Trinajstić information content (AvgIpc) is 2.87. The zero-order valence-corrected chi connectivity index (χ0v) is 22.7. The second-order valence-corrected chi connectivity index (χ2v) is 9.16. The summed E-state index contributed by atoms with van der Waals surface area (Å²) >= 11 is 0. The van der Waals surface area contributed by atoms with Crippen molar-refractivity contribution in [1.29, 1.82) is 0 Å². The molecule has 0 spiro atoms. The highest BCUT2D eigenvalue weighted by atomic mass is 16.6. The van der Waals surface area contributed by atoms with Gasteiger partial charge in [-0.25, -0.2) is 4.79 Å². The van der Waals surface area contributed by atoms with Crippen LogP contribution in [0.1, 0.15) is 38.3 Å². The number of ketones is 2. The highest BCUT2D eigenvalue weighted by Crippen LogP contribution is 2.29. The van der Waals surface area contributed by atoms with Crippen LogP contribution < -0.4 is 24.3 Å². The van der Waals surface area contributed by atoms with Crippen molar-refractivity contribution in [3.05, 3.63) is 59.7 Å². The zero-order chi connectivity index (χ0) is 28.1. The number of methoxy groups -OCH3 is 3. The molecule has 2 aromatic rings. The van der Waals surface area contributed by atoms with Gasteiger partial charge in [0.2, 0.25) is 0 Å². The minimum absolute atomic E-state index is 0.0652. The first-order valence-electron chi connectivity index (χ1n) is 11.9. The second-order valence-electron chi connectivity index (χ2n) is 9.16. The number of carbonyl (C=O) groups is 3. The van der Waals surface area contributed by atoms with Crippen molar-refractivity contribution >= 4 is 29.8 Å². The van der Waals surface area contributed by atoms with Crippen molar-refractivity contribution in [3.63, 3.8) is 0 Å². The van der Waals surface area contributed by atoms with Crippen molar-refractivity contribution in [2.24, 2.45) is 0 Å². The lowest BCUT2D eigenvalue weighted by atomic mass is 10.1. The molecule has 0 fully saturated rings. The number of rotatable bonds is 13. The van der Waals surface area contributed by atoms with Gasteiger partial charge in [0.1, 0.15) is 13.2 Å². The maximum absolute atomic E-state index is 12.3. The highest BCUT2D eigenvalue weighted by Gasteiger charge is 2.14. The van der Waals surface area contributed by atoms with Crippen LogP contribution in [0.15, 0.2) is 48.6 Å². The summed E-state index contributed by atoms with van der Waals surface area (Å²) in [5.74, 6) is 1.39. The van der Waals surface area contributed by atoms with Gasteiger partial charge in [-0.3, -0.25) is 9.59 Å². The minimum atomic E-state index is -0.520. The zero-order valence-electron chi connectivity index (χ0n) is 22.7. The molecule has 2 rings (SSSR count). The molecule has 38 heavy (non-hydrogen) atoms. The smallest absolute Gasteiger partial charge is 0.407 e. The molecule has 0 heterocycles. The van der Waals surface area contributed by atoms with Crippen LogP contribution in [0.3, 0.4) is 0 Å². The van der Waals surface area contributed by atoms with E-state index in [1.54, 1.807) is 55.7 Å². The Bertz CT molecular complexity index is 1180. The van der Waals surface area contributed by atoms with Crippen LogP contribution in [0.2, 0.25) is 0 Å². The van der Waals surface area contributed by atoms with Crippen molar-refractivity contribution in [2.45, 2.75) is 32.7 Å². The summed E-state index contributed by atoms with van der Waals surface area (Å²) in [4.78, 5) is 36.2. The first kappa shape index (κ1) is 30.0. The van der Waals surface area contributed by atoms with Gasteiger partial charge in [-0.15, -0.1) is 0 Å². The fourth-order valence-electron chi connectivity index (χ4n) is 3.16. The predicted molar refractivity (Wildman–Crippen MR) is 145 cm³/mol. The number of allylic oxidation sites excluding steroid dienone is 2. The van der Waals surface area contributed by atoms with Crippen molar-refractivity contribution < 1.29 is 38.1 Å². The van der Waals surface area contributed by atoms with Crippen LogP contribution in [-0.2, 0) is 14.3 Å². The summed E-state index contributed by atoms with van der Waals surface area (Å²) in [6.07, 6.45) is 5.14. The van der Waals surface area contributed by atoms with Crippen LogP contribution in [-0.4, -0.2) is 57.7 Å². The van der Waals surface area contributed by atoms with Crippen LogP contribution in [0, 0.1) is 0 Å². The predicted octanol–water partition coefficient (Wildman–Crippen LogP) is 4.87. The number of hydrogen-bond donors (Lipinski definition) is 1. The molecule has 9 heteroatoms. The van der Waals surface area contributed by atoms with E-state index >= 15 is 0 Å². The molecule has 0 aliphatic heterocycles. The Morgan fingerprint density at radius 3 is 1.74 bits per heavy atom. The molecular weight excluding hydrogens is 490 g/mol. The molecule has 9 nitrogen and oxygen atoms in total. The van der Waals surface area contributed by atoms with Crippen molar-refractivity contribution in [3.8, 4) is 23.0 Å². The van der Waals surface area contributed by atoms with E-state index in [0.29, 0.717) is 28.6 Å². The number of nitrogens with one attached hydrogen (secondary N) is 1. The first-order chi connectivity index (χ1) is 18.0. The van der Waals surface area contributed by atoms with Crippen molar-refractivity contribution in [1.82, 2.24) is 5.32 Å². The Morgan fingerprint density at radius 2 is 1.24 bits per heavy atom. The third kappa shape index (κ3) is 10.4. The Balaban J connectivity index is 1.88. The number of hydrogen-bond acceptors (Lipinski definition) is 8. The third-order valence-corrected chi connectivity index (χ3v) is 4.92. The second kappa shape index (κ2) is 14.5. The number of alkyl carbamates (subject to hydrolysis) is 1. The Morgan fingerprint density at radius 1 is 0.737 bits per heavy atom. The van der Waals surface area contributed by atoms with Gasteiger partial charge in [0.15, 0.2) is 34.6 Å². The number of carbonyl (C=O) groups excluding carboxylic acids is 3. The van der Waals surface area contributed by atoms with Gasteiger partial charge >= 0.3 is 6.09 Å². The van der Waals surface area contributed by atoms with Crippen molar-refractivity contribution in [2.75, 3.05) is 34.5 Å². The number of ether oxygens (including phenoxy) is 5. The number of benzene rings is 2. The average molecular weight is 526 g/mol. The maximum atomic E-state index is 12.3. The fraction of sp³-hybridized carbons (Fsp3) is 0.345. The van der Waals surface area contributed by atoms with Gasteiger partial charge in [-0.05, 0) is 68.3 Å². The Hall–Kier alpha value is -4.27. The monoisotopic (exact) mass is 525 g/mol. The largest absolute Gasteiger partial charge is 0.493 e. The van der Waals surface area contributed by atoms with Crippen LogP contribution in [0.4, 0.5) is 4.79 Å². The molecule has 0 aliphatic rings. The molecule has 0 aliphatic carbocycles. The summed E-state index contributed by atoms with van der Waals surface area (Å²) in [6.45, 7) is 5.78. The molecule has 0 saturated heterocycles. The first-order valence-corrected chi connectivity index (χ1v) is 11.9. The van der Waals surface area contributed by atoms with Crippen LogP contribution >= 0.6 is 0 Å². The molecular formula is C29H35NO8. The molecule has 0 radical (unpaired) electrons. The quantitative estimate of drug-likeness (QED) is 0.224. The van der Waals surface area contributed by atoms with E-state index in [0.717, 1.165) is 5.56 Å². The van der Waals surface area contributed by atoms with E-state index in [-0.39, 0.29) is 36.7 Å². The normalized spacial score (nSPS) is 11.3. The Kier molecular flexibility index (Phi) is 11.4. The van der Waals surface area contributed by atoms with E-state index in [4.69, 9.17) is 23.7 Å². The summed E-state index contributed by atoms with van der Waals surface area (Å²) in [6, 6.07) is 10.4. The number of amides is 1. The fourth-order valence-corrected chi connectivity index (χ4v) is 3.16. The Labute approximate surface area is 223 Å². The molecule has 0 aromatic heterocycles. The van der Waals surface area contributed by atoms with Gasteiger partial charge < -0.3 is 29.0 Å². The lowest BCUT2D eigenvalue weighted by molar-refractivity contribution is -0.121. The van der Waals surface area contributed by atoms with Gasteiger partial charge in [0, 0.05) is 5.54 Å². The standard InChI is InChI=1S/C29H35NO8/c1-29(2,3)30-28(33)38-16-15-37-25-14-10-21(18-27(25)36-6)8-12-23(32)19-22(31)11-7-20-9-13-24(34-4)26(17-20)35-5/h7-14,17-18H,15-16,19H2,1-6H3,(H,30,33)/b11-7+,12-8+. The molecule has 0 unspecified atom stereocenters. The molecule has 1 N–H and O–H groups in total. The molecule has 1 amide bonds. The lowest BCUT2D eigenvalue weighted by Gasteiger charge is -2.20. The molecule has 204 valence electrons. The van der Waals surface area contributed by atoms with E-state index in [1.165, 1.54) is 26.4 Å². The molecule has 0 bridgehead atoms. The third-order valence-electron chi connectivity index (χ3n) is 4.92. The maximum Gasteiger partial charge on any atom is 0.407 e.